The van der Waals surface area contributed by atoms with Gasteiger partial charge in [-0.15, -0.1) is 0 Å². The molecule has 0 aliphatic rings. The van der Waals surface area contributed by atoms with Crippen molar-refractivity contribution in [2.24, 2.45) is 0 Å². The molecule has 0 aliphatic carbocycles. The van der Waals surface area contributed by atoms with E-state index in [0.29, 0.717) is 5.56 Å². The van der Waals surface area contributed by atoms with Gasteiger partial charge in [-0.25, -0.2) is 4.39 Å². The Morgan fingerprint density at radius 2 is 1.85 bits per heavy atom. The van der Waals surface area contributed by atoms with Gasteiger partial charge in [0.25, 0.3) is 0 Å². The second-order valence-electron chi connectivity index (χ2n) is 5.64. The van der Waals surface area contributed by atoms with Crippen LogP contribution in [0, 0.1) is 5.82 Å². The molecule has 0 radical (unpaired) electrons. The highest BCUT2D eigenvalue weighted by Gasteiger charge is 2.20. The Balaban J connectivity index is 1.54. The minimum atomic E-state index is -0.738. The van der Waals surface area contributed by atoms with Gasteiger partial charge in [0.2, 0.25) is 0 Å². The number of furan rings is 1. The molecule has 1 unspecified atom stereocenters. The second kappa shape index (κ2) is 8.44. The highest BCUT2D eigenvalue weighted by molar-refractivity contribution is 7.08. The molecular formula is C19H17FN2O3S. The number of nitrogens with one attached hydrogen (secondary N) is 2. The monoisotopic (exact) mass is 372 g/mol. The molecule has 0 saturated carbocycles. The summed E-state index contributed by atoms with van der Waals surface area (Å²) >= 11 is 1.55. The van der Waals surface area contributed by atoms with Crippen molar-refractivity contribution in [3.63, 3.8) is 0 Å². The Morgan fingerprint density at radius 3 is 2.50 bits per heavy atom. The summed E-state index contributed by atoms with van der Waals surface area (Å²) in [5.41, 5.74) is 1.72. The lowest BCUT2D eigenvalue weighted by molar-refractivity contribution is -0.139. The first kappa shape index (κ1) is 17.9. The lowest BCUT2D eigenvalue weighted by Gasteiger charge is -2.14. The molecule has 5 nitrogen and oxygen atoms in total. The zero-order valence-corrected chi connectivity index (χ0v) is 14.6. The molecule has 2 amide bonds. The van der Waals surface area contributed by atoms with E-state index >= 15 is 0 Å². The van der Waals surface area contributed by atoms with Gasteiger partial charge in [0, 0.05) is 13.1 Å². The molecular weight excluding hydrogens is 355 g/mol. The number of halogens is 1. The Morgan fingerprint density at radius 1 is 1.08 bits per heavy atom. The molecule has 7 heteroatoms. The van der Waals surface area contributed by atoms with Gasteiger partial charge in [-0.2, -0.15) is 11.3 Å². The molecule has 0 spiro atoms. The SMILES string of the molecule is O=C(NCc1ccc(F)cc1)C(=O)NCC(c1ccsc1)c1ccco1. The van der Waals surface area contributed by atoms with E-state index in [1.165, 1.54) is 12.1 Å². The third-order valence-corrected chi connectivity index (χ3v) is 4.57. The summed E-state index contributed by atoms with van der Waals surface area (Å²) in [6.45, 7) is 0.395. The van der Waals surface area contributed by atoms with Crippen molar-refractivity contribution in [2.75, 3.05) is 6.54 Å². The van der Waals surface area contributed by atoms with E-state index < -0.39 is 11.8 Å². The summed E-state index contributed by atoms with van der Waals surface area (Å²) in [4.78, 5) is 24.0. The molecule has 0 saturated heterocycles. The maximum atomic E-state index is 12.9. The topological polar surface area (TPSA) is 71.3 Å². The van der Waals surface area contributed by atoms with E-state index in [-0.39, 0.29) is 24.8 Å². The van der Waals surface area contributed by atoms with E-state index in [4.69, 9.17) is 4.42 Å². The van der Waals surface area contributed by atoms with Crippen molar-refractivity contribution in [3.8, 4) is 0 Å². The van der Waals surface area contributed by atoms with E-state index in [9.17, 15) is 14.0 Å². The summed E-state index contributed by atoms with van der Waals surface area (Å²) in [7, 11) is 0. The lowest BCUT2D eigenvalue weighted by Crippen LogP contribution is -2.41. The first-order chi connectivity index (χ1) is 12.6. The number of rotatable bonds is 6. The van der Waals surface area contributed by atoms with Gasteiger partial charge in [0.1, 0.15) is 11.6 Å². The van der Waals surface area contributed by atoms with Gasteiger partial charge in [-0.1, -0.05) is 12.1 Å². The number of hydrogen-bond acceptors (Lipinski definition) is 4. The predicted octanol–water partition coefficient (Wildman–Crippen LogP) is 3.04. The summed E-state index contributed by atoms with van der Waals surface area (Å²) in [5, 5.41) is 9.08. The van der Waals surface area contributed by atoms with Crippen molar-refractivity contribution >= 4 is 23.2 Å². The maximum Gasteiger partial charge on any atom is 0.309 e. The van der Waals surface area contributed by atoms with Crippen LogP contribution in [0.25, 0.3) is 0 Å². The van der Waals surface area contributed by atoms with E-state index in [1.807, 2.05) is 22.9 Å². The lowest BCUT2D eigenvalue weighted by atomic mass is 9.99. The predicted molar refractivity (Wildman–Crippen MR) is 96.1 cm³/mol. The second-order valence-corrected chi connectivity index (χ2v) is 6.42. The number of amides is 2. The minimum Gasteiger partial charge on any atom is -0.469 e. The van der Waals surface area contributed by atoms with Crippen molar-refractivity contribution in [1.29, 1.82) is 0 Å². The van der Waals surface area contributed by atoms with Crippen LogP contribution in [0.4, 0.5) is 4.39 Å². The molecule has 26 heavy (non-hydrogen) atoms. The van der Waals surface area contributed by atoms with Crippen LogP contribution < -0.4 is 10.6 Å². The van der Waals surface area contributed by atoms with Gasteiger partial charge in [0.15, 0.2) is 0 Å². The molecule has 2 aromatic heterocycles. The fourth-order valence-corrected chi connectivity index (χ4v) is 3.20. The van der Waals surface area contributed by atoms with Crippen LogP contribution in [-0.4, -0.2) is 18.4 Å². The van der Waals surface area contributed by atoms with E-state index in [0.717, 1.165) is 11.3 Å². The molecule has 0 aliphatic heterocycles. The molecule has 0 bridgehead atoms. The van der Waals surface area contributed by atoms with Crippen LogP contribution >= 0.6 is 11.3 Å². The number of benzene rings is 1. The van der Waals surface area contributed by atoms with Crippen molar-refractivity contribution < 1.29 is 18.4 Å². The average molecular weight is 372 g/mol. The zero-order valence-electron chi connectivity index (χ0n) is 13.8. The Hall–Kier alpha value is -2.93. The molecule has 3 rings (SSSR count). The molecule has 1 aromatic carbocycles. The maximum absolute atomic E-state index is 12.9. The number of hydrogen-bond donors (Lipinski definition) is 2. The number of carbonyl (C=O) groups is 2. The molecule has 134 valence electrons. The van der Waals surface area contributed by atoms with Crippen LogP contribution in [0.2, 0.25) is 0 Å². The summed E-state index contributed by atoms with van der Waals surface area (Å²) in [6, 6.07) is 11.3. The van der Waals surface area contributed by atoms with Crippen molar-refractivity contribution in [2.45, 2.75) is 12.5 Å². The largest absolute Gasteiger partial charge is 0.469 e. The third kappa shape index (κ3) is 4.58. The Labute approximate surface area is 153 Å². The molecule has 2 N–H and O–H groups in total. The highest BCUT2D eigenvalue weighted by atomic mass is 32.1. The van der Waals surface area contributed by atoms with Crippen LogP contribution in [0.1, 0.15) is 22.8 Å². The smallest absolute Gasteiger partial charge is 0.309 e. The van der Waals surface area contributed by atoms with Crippen molar-refractivity contribution in [1.82, 2.24) is 10.6 Å². The molecule has 0 fully saturated rings. The van der Waals surface area contributed by atoms with Crippen LogP contribution in [-0.2, 0) is 16.1 Å². The first-order valence-electron chi connectivity index (χ1n) is 7.99. The van der Waals surface area contributed by atoms with Gasteiger partial charge in [0.05, 0.1) is 12.2 Å². The van der Waals surface area contributed by atoms with Gasteiger partial charge in [-0.05, 0) is 52.2 Å². The average Bonchev–Trinajstić information content (AvgIpc) is 3.35. The van der Waals surface area contributed by atoms with Crippen LogP contribution in [0.15, 0.2) is 63.9 Å². The number of carbonyl (C=O) groups excluding carboxylic acids is 2. The standard InChI is InChI=1S/C19H17FN2O3S/c20-15-5-3-13(4-6-15)10-21-18(23)19(24)22-11-16(14-7-9-26-12-14)17-2-1-8-25-17/h1-9,12,16H,10-11H2,(H,21,23)(H,22,24). The summed E-state index contributed by atoms with van der Waals surface area (Å²) < 4.78 is 18.3. The minimum absolute atomic E-state index is 0.151. The van der Waals surface area contributed by atoms with Gasteiger partial charge < -0.3 is 15.1 Å². The van der Waals surface area contributed by atoms with Crippen LogP contribution in [0.5, 0.6) is 0 Å². The van der Waals surface area contributed by atoms with Crippen LogP contribution in [0.3, 0.4) is 0 Å². The number of thiophene rings is 1. The van der Waals surface area contributed by atoms with Gasteiger partial charge in [-0.3, -0.25) is 9.59 Å². The highest BCUT2D eigenvalue weighted by Crippen LogP contribution is 2.26. The fraction of sp³-hybridized carbons (Fsp3) is 0.158. The quantitative estimate of drug-likeness (QED) is 0.654. The van der Waals surface area contributed by atoms with Gasteiger partial charge >= 0.3 is 11.8 Å². The Bertz CT molecular complexity index is 811. The molecule has 1 atom stereocenters. The van der Waals surface area contributed by atoms with E-state index in [2.05, 4.69) is 10.6 Å². The first-order valence-corrected chi connectivity index (χ1v) is 8.93. The van der Waals surface area contributed by atoms with E-state index in [1.54, 1.807) is 35.8 Å². The zero-order chi connectivity index (χ0) is 18.4. The summed E-state index contributed by atoms with van der Waals surface area (Å²) in [5.74, 6) is -1.26. The third-order valence-electron chi connectivity index (χ3n) is 3.87. The Kier molecular flexibility index (Phi) is 5.80. The normalized spacial score (nSPS) is 11.7. The van der Waals surface area contributed by atoms with Crippen molar-refractivity contribution in [3.05, 3.63) is 82.2 Å². The molecule has 3 aromatic rings. The molecule has 2 heterocycles. The summed E-state index contributed by atoms with van der Waals surface area (Å²) in [6.07, 6.45) is 1.58. The fourth-order valence-electron chi connectivity index (χ4n) is 2.49.